The van der Waals surface area contributed by atoms with E-state index in [0.717, 1.165) is 45.3 Å². The van der Waals surface area contributed by atoms with Crippen LogP contribution in [0.15, 0.2) is 24.3 Å². The van der Waals surface area contributed by atoms with Gasteiger partial charge in [0.2, 0.25) is 0 Å². The van der Waals surface area contributed by atoms with Gasteiger partial charge in [0.1, 0.15) is 5.75 Å². The fourth-order valence-corrected chi connectivity index (χ4v) is 2.64. The van der Waals surface area contributed by atoms with Crippen molar-refractivity contribution in [1.29, 1.82) is 0 Å². The maximum atomic E-state index is 12.5. The average Bonchev–Trinajstić information content (AvgIpc) is 2.59. The molecule has 0 aliphatic rings. The molecule has 0 radical (unpaired) electrons. The molecule has 0 aliphatic carbocycles. The van der Waals surface area contributed by atoms with Crippen molar-refractivity contribution in [2.24, 2.45) is 0 Å². The monoisotopic (exact) mass is 334 g/mol. The SMILES string of the molecule is CCCCOc1ccccc1C(=O)NC(C)CCCN(CC)CC. The van der Waals surface area contributed by atoms with Crippen molar-refractivity contribution in [3.05, 3.63) is 29.8 Å². The van der Waals surface area contributed by atoms with Crippen LogP contribution in [-0.4, -0.2) is 43.1 Å². The van der Waals surface area contributed by atoms with Gasteiger partial charge in [0.05, 0.1) is 12.2 Å². The number of amides is 1. The summed E-state index contributed by atoms with van der Waals surface area (Å²) in [6.07, 6.45) is 4.16. The predicted octanol–water partition coefficient (Wildman–Crippen LogP) is 4.11. The zero-order valence-electron chi connectivity index (χ0n) is 15.8. The van der Waals surface area contributed by atoms with E-state index in [1.165, 1.54) is 0 Å². The Kier molecular flexibility index (Phi) is 10.2. The Balaban J connectivity index is 2.49. The van der Waals surface area contributed by atoms with Crippen LogP contribution in [0.25, 0.3) is 0 Å². The molecule has 1 aromatic carbocycles. The molecule has 24 heavy (non-hydrogen) atoms. The minimum atomic E-state index is -0.0440. The molecule has 0 saturated carbocycles. The lowest BCUT2D eigenvalue weighted by atomic mass is 10.1. The van der Waals surface area contributed by atoms with E-state index in [1.807, 2.05) is 24.3 Å². The van der Waals surface area contributed by atoms with E-state index in [-0.39, 0.29) is 11.9 Å². The van der Waals surface area contributed by atoms with Crippen LogP contribution >= 0.6 is 0 Å². The lowest BCUT2D eigenvalue weighted by Gasteiger charge is -2.20. The summed E-state index contributed by atoms with van der Waals surface area (Å²) in [5.74, 6) is 0.635. The van der Waals surface area contributed by atoms with Gasteiger partial charge in [-0.05, 0) is 58.0 Å². The third-order valence-electron chi connectivity index (χ3n) is 4.27. The van der Waals surface area contributed by atoms with Crippen LogP contribution in [0, 0.1) is 0 Å². The van der Waals surface area contributed by atoms with Gasteiger partial charge < -0.3 is 15.0 Å². The fourth-order valence-electron chi connectivity index (χ4n) is 2.64. The molecule has 1 atom stereocenters. The molecule has 0 saturated heterocycles. The highest BCUT2D eigenvalue weighted by atomic mass is 16.5. The van der Waals surface area contributed by atoms with Gasteiger partial charge in [0.25, 0.3) is 5.91 Å². The number of nitrogens with one attached hydrogen (secondary N) is 1. The molecule has 4 nitrogen and oxygen atoms in total. The van der Waals surface area contributed by atoms with E-state index in [1.54, 1.807) is 0 Å². The Morgan fingerprint density at radius 3 is 2.54 bits per heavy atom. The Morgan fingerprint density at radius 1 is 1.17 bits per heavy atom. The molecule has 1 amide bonds. The average molecular weight is 335 g/mol. The third kappa shape index (κ3) is 7.35. The summed E-state index contributed by atoms with van der Waals surface area (Å²) in [5, 5.41) is 3.10. The second-order valence-electron chi connectivity index (χ2n) is 6.24. The number of hydrogen-bond donors (Lipinski definition) is 1. The van der Waals surface area contributed by atoms with Crippen LogP contribution in [0.5, 0.6) is 5.75 Å². The van der Waals surface area contributed by atoms with E-state index in [4.69, 9.17) is 4.74 Å². The molecule has 1 rings (SSSR count). The zero-order valence-corrected chi connectivity index (χ0v) is 15.8. The number of ether oxygens (including phenoxy) is 1. The molecule has 1 aromatic rings. The third-order valence-corrected chi connectivity index (χ3v) is 4.27. The summed E-state index contributed by atoms with van der Waals surface area (Å²) in [6, 6.07) is 7.66. The predicted molar refractivity (Wildman–Crippen MR) is 101 cm³/mol. The molecule has 0 aliphatic heterocycles. The molecule has 1 N–H and O–H groups in total. The standard InChI is InChI=1S/C20H34N2O2/c1-5-8-16-24-19-14-10-9-13-18(19)20(23)21-17(4)12-11-15-22(6-2)7-3/h9-10,13-14,17H,5-8,11-12,15-16H2,1-4H3,(H,21,23). The van der Waals surface area contributed by atoms with Crippen molar-refractivity contribution in [3.8, 4) is 5.75 Å². The summed E-state index contributed by atoms with van der Waals surface area (Å²) < 4.78 is 5.75. The summed E-state index contributed by atoms with van der Waals surface area (Å²) >= 11 is 0. The molecular weight excluding hydrogens is 300 g/mol. The van der Waals surface area contributed by atoms with Crippen LogP contribution < -0.4 is 10.1 Å². The maximum absolute atomic E-state index is 12.5. The van der Waals surface area contributed by atoms with Gasteiger partial charge >= 0.3 is 0 Å². The van der Waals surface area contributed by atoms with Crippen molar-refractivity contribution in [3.63, 3.8) is 0 Å². The summed E-state index contributed by atoms with van der Waals surface area (Å²) in [6.45, 7) is 12.5. The number of carbonyl (C=O) groups excluding carboxylic acids is 1. The van der Waals surface area contributed by atoms with Gasteiger partial charge in [0.15, 0.2) is 0 Å². The molecule has 0 spiro atoms. The minimum absolute atomic E-state index is 0.0440. The van der Waals surface area contributed by atoms with E-state index < -0.39 is 0 Å². The van der Waals surface area contributed by atoms with Crippen LogP contribution in [0.4, 0.5) is 0 Å². The van der Waals surface area contributed by atoms with Gasteiger partial charge in [-0.1, -0.05) is 39.3 Å². The topological polar surface area (TPSA) is 41.6 Å². The minimum Gasteiger partial charge on any atom is -0.493 e. The zero-order chi connectivity index (χ0) is 17.8. The Morgan fingerprint density at radius 2 is 1.88 bits per heavy atom. The largest absolute Gasteiger partial charge is 0.493 e. The van der Waals surface area contributed by atoms with E-state index in [9.17, 15) is 4.79 Å². The molecule has 136 valence electrons. The molecule has 4 heteroatoms. The van der Waals surface area contributed by atoms with Crippen molar-refractivity contribution < 1.29 is 9.53 Å². The normalized spacial score (nSPS) is 12.2. The van der Waals surface area contributed by atoms with Crippen LogP contribution in [0.3, 0.4) is 0 Å². The summed E-state index contributed by atoms with van der Waals surface area (Å²) in [4.78, 5) is 14.9. The first-order valence-electron chi connectivity index (χ1n) is 9.37. The van der Waals surface area contributed by atoms with Gasteiger partial charge in [-0.25, -0.2) is 0 Å². The molecule has 0 heterocycles. The van der Waals surface area contributed by atoms with Gasteiger partial charge in [0, 0.05) is 6.04 Å². The van der Waals surface area contributed by atoms with Crippen LogP contribution in [-0.2, 0) is 0 Å². The number of nitrogens with zero attached hydrogens (tertiary/aromatic N) is 1. The first-order valence-corrected chi connectivity index (χ1v) is 9.37. The molecule has 0 fully saturated rings. The quantitative estimate of drug-likeness (QED) is 0.585. The first-order chi connectivity index (χ1) is 11.6. The molecule has 0 aromatic heterocycles. The van der Waals surface area contributed by atoms with E-state index in [2.05, 4.69) is 37.9 Å². The van der Waals surface area contributed by atoms with Crippen LogP contribution in [0.1, 0.15) is 63.7 Å². The highest BCUT2D eigenvalue weighted by Crippen LogP contribution is 2.18. The van der Waals surface area contributed by atoms with Gasteiger partial charge in [-0.3, -0.25) is 4.79 Å². The number of unbranched alkanes of at least 4 members (excludes halogenated alkanes) is 1. The Hall–Kier alpha value is -1.55. The van der Waals surface area contributed by atoms with Crippen molar-refractivity contribution >= 4 is 5.91 Å². The van der Waals surface area contributed by atoms with Crippen molar-refractivity contribution in [2.75, 3.05) is 26.2 Å². The second-order valence-corrected chi connectivity index (χ2v) is 6.24. The molecule has 1 unspecified atom stereocenters. The number of para-hydroxylation sites is 1. The van der Waals surface area contributed by atoms with E-state index >= 15 is 0 Å². The number of benzene rings is 1. The Labute approximate surface area is 147 Å². The van der Waals surface area contributed by atoms with Gasteiger partial charge in [-0.15, -0.1) is 0 Å². The lowest BCUT2D eigenvalue weighted by molar-refractivity contribution is 0.0933. The second kappa shape index (κ2) is 11.9. The van der Waals surface area contributed by atoms with Crippen molar-refractivity contribution in [2.45, 2.75) is 59.4 Å². The smallest absolute Gasteiger partial charge is 0.255 e. The highest BCUT2D eigenvalue weighted by molar-refractivity contribution is 5.97. The number of rotatable bonds is 12. The molecule has 0 bridgehead atoms. The number of carbonyl (C=O) groups is 1. The van der Waals surface area contributed by atoms with Gasteiger partial charge in [-0.2, -0.15) is 0 Å². The first kappa shape index (κ1) is 20.5. The van der Waals surface area contributed by atoms with Crippen LogP contribution in [0.2, 0.25) is 0 Å². The fraction of sp³-hybridized carbons (Fsp3) is 0.650. The molecular formula is C20H34N2O2. The number of hydrogen-bond acceptors (Lipinski definition) is 3. The Bertz CT molecular complexity index is 472. The summed E-state index contributed by atoms with van der Waals surface area (Å²) in [7, 11) is 0. The lowest BCUT2D eigenvalue weighted by Crippen LogP contribution is -2.34. The van der Waals surface area contributed by atoms with E-state index in [0.29, 0.717) is 17.9 Å². The summed E-state index contributed by atoms with van der Waals surface area (Å²) in [5.41, 5.74) is 0.629. The maximum Gasteiger partial charge on any atom is 0.255 e. The van der Waals surface area contributed by atoms with Crippen molar-refractivity contribution in [1.82, 2.24) is 10.2 Å². The highest BCUT2D eigenvalue weighted by Gasteiger charge is 2.14.